The highest BCUT2D eigenvalue weighted by atomic mass is 16.6. The average molecular weight is 272 g/mol. The summed E-state index contributed by atoms with van der Waals surface area (Å²) < 4.78 is 1.79. The molecule has 0 spiro atoms. The fourth-order valence-electron chi connectivity index (χ4n) is 1.74. The molecule has 0 aliphatic heterocycles. The number of nitro groups is 1. The fourth-order valence-corrected chi connectivity index (χ4v) is 1.74. The molecule has 2 aromatic rings. The van der Waals surface area contributed by atoms with Gasteiger partial charge in [-0.2, -0.15) is 5.26 Å². The molecule has 0 saturated heterocycles. The Hall–Kier alpha value is -2.95. The smallest absolute Gasteiger partial charge is 0.293 e. The van der Waals surface area contributed by atoms with Crippen LogP contribution in [0.15, 0.2) is 24.5 Å². The lowest BCUT2D eigenvalue weighted by molar-refractivity contribution is -0.384. The van der Waals surface area contributed by atoms with Crippen molar-refractivity contribution in [3.63, 3.8) is 0 Å². The number of aryl methyl sites for hydroxylation is 1. The van der Waals surface area contributed by atoms with E-state index in [1.807, 2.05) is 13.1 Å². The number of benzene rings is 1. The molecule has 2 rings (SSSR count). The Morgan fingerprint density at radius 2 is 2.35 bits per heavy atom. The largest absolute Gasteiger partial charge is 0.379 e. The molecule has 8 heteroatoms. The molecule has 1 heterocycles. The van der Waals surface area contributed by atoms with E-state index in [2.05, 4.69) is 15.5 Å². The normalized spacial score (nSPS) is 10.0. The van der Waals surface area contributed by atoms with Gasteiger partial charge in [0.15, 0.2) is 0 Å². The predicted octanol–water partition coefficient (Wildman–Crippen LogP) is 1.25. The van der Waals surface area contributed by atoms with Crippen molar-refractivity contribution in [2.24, 2.45) is 7.05 Å². The minimum Gasteiger partial charge on any atom is -0.379 e. The molecule has 0 aliphatic carbocycles. The first-order valence-electron chi connectivity index (χ1n) is 5.87. The number of hydrogen-bond donors (Lipinski definition) is 1. The van der Waals surface area contributed by atoms with E-state index in [4.69, 9.17) is 5.26 Å². The number of nitrogens with zero attached hydrogens (tertiary/aromatic N) is 5. The number of hydrogen-bond acceptors (Lipinski definition) is 6. The van der Waals surface area contributed by atoms with Crippen molar-refractivity contribution in [3.8, 4) is 6.07 Å². The first kappa shape index (κ1) is 13.5. The maximum absolute atomic E-state index is 11.0. The van der Waals surface area contributed by atoms with E-state index >= 15 is 0 Å². The molecule has 20 heavy (non-hydrogen) atoms. The Labute approximate surface area is 114 Å². The highest BCUT2D eigenvalue weighted by Crippen LogP contribution is 2.25. The summed E-state index contributed by atoms with van der Waals surface area (Å²) in [7, 11) is 1.83. The van der Waals surface area contributed by atoms with Crippen LogP contribution in [0.1, 0.15) is 11.4 Å². The Bertz CT molecular complexity index is 673. The summed E-state index contributed by atoms with van der Waals surface area (Å²) in [4.78, 5) is 10.5. The number of anilines is 1. The van der Waals surface area contributed by atoms with Crippen LogP contribution in [0, 0.1) is 21.4 Å². The van der Waals surface area contributed by atoms with Gasteiger partial charge in [0.2, 0.25) is 0 Å². The third-order valence-electron chi connectivity index (χ3n) is 2.79. The van der Waals surface area contributed by atoms with Crippen LogP contribution in [0.3, 0.4) is 0 Å². The van der Waals surface area contributed by atoms with Gasteiger partial charge in [-0.3, -0.25) is 10.1 Å². The van der Waals surface area contributed by atoms with Crippen molar-refractivity contribution in [1.82, 2.24) is 14.8 Å². The lowest BCUT2D eigenvalue weighted by Crippen LogP contribution is -2.10. The van der Waals surface area contributed by atoms with E-state index in [0.29, 0.717) is 18.7 Å². The van der Waals surface area contributed by atoms with Gasteiger partial charge in [0.05, 0.1) is 16.6 Å². The molecule has 0 fully saturated rings. The molecule has 1 N–H and O–H groups in total. The SMILES string of the molecule is Cn1cnnc1CCNc1ccc(C#N)cc1[N+](=O)[O-]. The Kier molecular flexibility index (Phi) is 3.91. The van der Waals surface area contributed by atoms with Crippen LogP contribution in [-0.2, 0) is 13.5 Å². The van der Waals surface area contributed by atoms with Crippen molar-refractivity contribution in [1.29, 1.82) is 5.26 Å². The summed E-state index contributed by atoms with van der Waals surface area (Å²) in [6.45, 7) is 0.485. The topological polar surface area (TPSA) is 110 Å². The summed E-state index contributed by atoms with van der Waals surface area (Å²) >= 11 is 0. The quantitative estimate of drug-likeness (QED) is 0.648. The number of rotatable bonds is 5. The van der Waals surface area contributed by atoms with E-state index in [9.17, 15) is 10.1 Å². The first-order valence-corrected chi connectivity index (χ1v) is 5.87. The predicted molar refractivity (Wildman–Crippen MR) is 71.0 cm³/mol. The molecular weight excluding hydrogens is 260 g/mol. The summed E-state index contributed by atoms with van der Waals surface area (Å²) in [6, 6.07) is 6.21. The lowest BCUT2D eigenvalue weighted by Gasteiger charge is -2.07. The van der Waals surface area contributed by atoms with Crippen LogP contribution in [0.25, 0.3) is 0 Å². The Balaban J connectivity index is 2.08. The minimum atomic E-state index is -0.508. The van der Waals surface area contributed by atoms with Crippen molar-refractivity contribution < 1.29 is 4.92 Å². The molecule has 0 atom stereocenters. The Morgan fingerprint density at radius 1 is 1.55 bits per heavy atom. The van der Waals surface area contributed by atoms with Crippen molar-refractivity contribution >= 4 is 11.4 Å². The molecule has 0 radical (unpaired) electrons. The second-order valence-electron chi connectivity index (χ2n) is 4.14. The summed E-state index contributed by atoms with van der Waals surface area (Å²) in [5.74, 6) is 0.786. The van der Waals surface area contributed by atoms with Gasteiger partial charge < -0.3 is 9.88 Å². The van der Waals surface area contributed by atoms with Gasteiger partial charge in [0.1, 0.15) is 17.8 Å². The van der Waals surface area contributed by atoms with Gasteiger partial charge in [0.25, 0.3) is 5.69 Å². The highest BCUT2D eigenvalue weighted by molar-refractivity contribution is 5.64. The summed E-state index contributed by atoms with van der Waals surface area (Å²) in [5.41, 5.74) is 0.536. The van der Waals surface area contributed by atoms with Gasteiger partial charge in [-0.1, -0.05) is 0 Å². The molecule has 0 saturated carbocycles. The monoisotopic (exact) mass is 272 g/mol. The molecule has 0 bridgehead atoms. The van der Waals surface area contributed by atoms with Crippen molar-refractivity contribution in [3.05, 3.63) is 46.0 Å². The fraction of sp³-hybridized carbons (Fsp3) is 0.250. The van der Waals surface area contributed by atoms with E-state index in [1.165, 1.54) is 18.2 Å². The minimum absolute atomic E-state index is 0.109. The zero-order chi connectivity index (χ0) is 14.5. The van der Waals surface area contributed by atoms with Crippen LogP contribution < -0.4 is 5.32 Å². The number of nitro benzene ring substituents is 1. The van der Waals surface area contributed by atoms with Crippen LogP contribution in [0.4, 0.5) is 11.4 Å². The molecule has 1 aromatic carbocycles. The molecule has 0 amide bonds. The summed E-state index contributed by atoms with van der Waals surface area (Å²) in [6.07, 6.45) is 2.19. The number of nitrogens with one attached hydrogen (secondary N) is 1. The zero-order valence-electron chi connectivity index (χ0n) is 10.8. The lowest BCUT2D eigenvalue weighted by atomic mass is 10.2. The van der Waals surface area contributed by atoms with Crippen LogP contribution in [-0.4, -0.2) is 26.2 Å². The van der Waals surface area contributed by atoms with E-state index in [-0.39, 0.29) is 11.3 Å². The number of nitriles is 1. The van der Waals surface area contributed by atoms with E-state index in [1.54, 1.807) is 10.9 Å². The van der Waals surface area contributed by atoms with Crippen LogP contribution >= 0.6 is 0 Å². The third kappa shape index (κ3) is 2.89. The van der Waals surface area contributed by atoms with Gasteiger partial charge in [-0.05, 0) is 12.1 Å². The van der Waals surface area contributed by atoms with Crippen molar-refractivity contribution in [2.45, 2.75) is 6.42 Å². The summed E-state index contributed by atoms with van der Waals surface area (Å²) in [5, 5.41) is 30.4. The van der Waals surface area contributed by atoms with Crippen molar-refractivity contribution in [2.75, 3.05) is 11.9 Å². The first-order chi connectivity index (χ1) is 9.61. The Morgan fingerprint density at radius 3 is 2.95 bits per heavy atom. The average Bonchev–Trinajstić information content (AvgIpc) is 2.84. The third-order valence-corrected chi connectivity index (χ3v) is 2.79. The second kappa shape index (κ2) is 5.79. The van der Waals surface area contributed by atoms with Crippen LogP contribution in [0.5, 0.6) is 0 Å². The van der Waals surface area contributed by atoms with Gasteiger partial charge >= 0.3 is 0 Å². The standard InChI is InChI=1S/C12H12N6O2/c1-17-8-15-16-12(17)4-5-14-10-3-2-9(7-13)6-11(10)18(19)20/h2-3,6,8,14H,4-5H2,1H3. The molecule has 0 aliphatic rings. The molecule has 102 valence electrons. The van der Waals surface area contributed by atoms with E-state index in [0.717, 1.165) is 5.82 Å². The zero-order valence-corrected chi connectivity index (χ0v) is 10.8. The van der Waals surface area contributed by atoms with Gasteiger partial charge in [0, 0.05) is 26.1 Å². The van der Waals surface area contributed by atoms with Gasteiger partial charge in [-0.15, -0.1) is 10.2 Å². The number of aromatic nitrogens is 3. The van der Waals surface area contributed by atoms with Gasteiger partial charge in [-0.25, -0.2) is 0 Å². The second-order valence-corrected chi connectivity index (χ2v) is 4.14. The van der Waals surface area contributed by atoms with E-state index < -0.39 is 4.92 Å². The molecule has 1 aromatic heterocycles. The maximum Gasteiger partial charge on any atom is 0.293 e. The molecular formula is C12H12N6O2. The van der Waals surface area contributed by atoms with Crippen LogP contribution in [0.2, 0.25) is 0 Å². The molecule has 0 unspecified atom stereocenters. The highest BCUT2D eigenvalue weighted by Gasteiger charge is 2.14. The molecule has 8 nitrogen and oxygen atoms in total. The maximum atomic E-state index is 11.0.